The highest BCUT2D eigenvalue weighted by molar-refractivity contribution is 5.83. The minimum atomic E-state index is -0.192. The van der Waals surface area contributed by atoms with Crippen LogP contribution in [0.2, 0.25) is 0 Å². The lowest BCUT2D eigenvalue weighted by Gasteiger charge is -2.27. The molecule has 0 radical (unpaired) electrons. The molecule has 0 unspecified atom stereocenters. The van der Waals surface area contributed by atoms with E-state index in [1.165, 1.54) is 5.56 Å². The maximum atomic E-state index is 12.8. The predicted octanol–water partition coefficient (Wildman–Crippen LogP) is 4.14. The van der Waals surface area contributed by atoms with Crippen LogP contribution < -0.4 is 5.32 Å². The molecule has 5 heteroatoms. The molecule has 1 N–H and O–H groups in total. The number of nitrogens with one attached hydrogen (secondary N) is 1. The Morgan fingerprint density at radius 1 is 1.14 bits per heavy atom. The third kappa shape index (κ3) is 3.79. The van der Waals surface area contributed by atoms with Gasteiger partial charge in [0, 0.05) is 35.4 Å². The molecule has 1 aliphatic carbocycles. The summed E-state index contributed by atoms with van der Waals surface area (Å²) in [5.41, 5.74) is 5.25. The van der Waals surface area contributed by atoms with E-state index in [0.717, 1.165) is 41.6 Å². The summed E-state index contributed by atoms with van der Waals surface area (Å²) in [5, 5.41) is 3.22. The van der Waals surface area contributed by atoms with Crippen LogP contribution in [0.15, 0.2) is 55.0 Å². The average molecular weight is 372 g/mol. The molecule has 0 spiro atoms. The van der Waals surface area contributed by atoms with E-state index in [0.29, 0.717) is 5.82 Å². The van der Waals surface area contributed by atoms with E-state index < -0.39 is 0 Å². The Hall–Kier alpha value is -3.08. The number of rotatable bonds is 4. The fourth-order valence-corrected chi connectivity index (χ4v) is 3.64. The van der Waals surface area contributed by atoms with Gasteiger partial charge in [-0.2, -0.15) is 0 Å². The fraction of sp³-hybridized carbons (Fsp3) is 0.304. The van der Waals surface area contributed by atoms with E-state index in [1.807, 2.05) is 56.4 Å². The Morgan fingerprint density at radius 2 is 1.89 bits per heavy atom. The van der Waals surface area contributed by atoms with Crippen LogP contribution in [0.1, 0.15) is 54.1 Å². The summed E-state index contributed by atoms with van der Waals surface area (Å²) < 4.78 is 0. The monoisotopic (exact) mass is 372 g/mol. The molecule has 0 saturated carbocycles. The van der Waals surface area contributed by atoms with Gasteiger partial charge in [0.15, 0.2) is 5.82 Å². The molecule has 1 aromatic carbocycles. The van der Waals surface area contributed by atoms with Crippen LogP contribution in [0.3, 0.4) is 0 Å². The molecule has 2 aromatic heterocycles. The van der Waals surface area contributed by atoms with Crippen LogP contribution in [0, 0.1) is 6.92 Å². The average Bonchev–Trinajstić information content (AvgIpc) is 2.74. The quantitative estimate of drug-likeness (QED) is 0.747. The van der Waals surface area contributed by atoms with Gasteiger partial charge in [-0.1, -0.05) is 29.8 Å². The third-order valence-corrected chi connectivity index (χ3v) is 5.41. The highest BCUT2D eigenvalue weighted by atomic mass is 16.1. The molecule has 0 aliphatic heterocycles. The summed E-state index contributed by atoms with van der Waals surface area (Å²) in [7, 11) is 0. The molecule has 3 aromatic rings. The predicted molar refractivity (Wildman–Crippen MR) is 109 cm³/mol. The fourth-order valence-electron chi connectivity index (χ4n) is 3.64. The van der Waals surface area contributed by atoms with Crippen molar-refractivity contribution in [2.45, 2.75) is 45.1 Å². The van der Waals surface area contributed by atoms with Crippen molar-refractivity contribution in [1.29, 1.82) is 0 Å². The van der Waals surface area contributed by atoms with Gasteiger partial charge in [-0.25, -0.2) is 9.97 Å². The minimum Gasteiger partial charge on any atom is -0.349 e. The highest BCUT2D eigenvalue weighted by Crippen LogP contribution is 2.30. The van der Waals surface area contributed by atoms with Gasteiger partial charge >= 0.3 is 0 Å². The zero-order valence-electron chi connectivity index (χ0n) is 16.2. The summed E-state index contributed by atoms with van der Waals surface area (Å²) in [4.78, 5) is 26.2. The molecule has 0 saturated heterocycles. The normalized spacial score (nSPS) is 16.9. The summed E-state index contributed by atoms with van der Waals surface area (Å²) >= 11 is 0. The molecule has 5 nitrogen and oxygen atoms in total. The van der Waals surface area contributed by atoms with E-state index in [4.69, 9.17) is 4.98 Å². The number of amides is 1. The number of aryl methyl sites for hydroxylation is 2. The Morgan fingerprint density at radius 3 is 2.64 bits per heavy atom. The molecule has 1 amide bonds. The second-order valence-corrected chi connectivity index (χ2v) is 7.42. The summed E-state index contributed by atoms with van der Waals surface area (Å²) in [6, 6.07) is 11.9. The van der Waals surface area contributed by atoms with Gasteiger partial charge in [0.25, 0.3) is 0 Å². The summed E-state index contributed by atoms with van der Waals surface area (Å²) in [6.45, 7) is 4.00. The molecular formula is C23H24N4O. The Balaban J connectivity index is 1.53. The largest absolute Gasteiger partial charge is 0.349 e. The topological polar surface area (TPSA) is 67.8 Å². The van der Waals surface area contributed by atoms with Crippen LogP contribution >= 0.6 is 0 Å². The van der Waals surface area contributed by atoms with E-state index in [-0.39, 0.29) is 17.9 Å². The van der Waals surface area contributed by atoms with E-state index in [9.17, 15) is 4.79 Å². The van der Waals surface area contributed by atoms with Gasteiger partial charge in [0.1, 0.15) is 0 Å². The third-order valence-electron chi connectivity index (χ3n) is 5.41. The number of aromatic nitrogens is 3. The van der Waals surface area contributed by atoms with E-state index >= 15 is 0 Å². The SMILES string of the molecule is Cc1ccc([C@H](C)C(=O)N[C@@H]2CCCc3nc(-c4ccncc4)ncc32)cc1. The number of nitrogens with zero attached hydrogens (tertiary/aromatic N) is 3. The van der Waals surface area contributed by atoms with Crippen molar-refractivity contribution in [3.05, 3.63) is 77.4 Å². The summed E-state index contributed by atoms with van der Waals surface area (Å²) in [6.07, 6.45) is 8.19. The molecule has 1 aliphatic rings. The molecule has 4 rings (SSSR count). The number of fused-ring (bicyclic) bond motifs is 1. The molecule has 28 heavy (non-hydrogen) atoms. The van der Waals surface area contributed by atoms with Crippen molar-refractivity contribution < 1.29 is 4.79 Å². The van der Waals surface area contributed by atoms with Crippen molar-refractivity contribution in [2.24, 2.45) is 0 Å². The number of pyridine rings is 1. The standard InChI is InChI=1S/C23H24N4O/c1-15-6-8-17(9-7-15)16(2)23(28)27-21-5-3-4-20-19(21)14-25-22(26-20)18-10-12-24-13-11-18/h6-14,16,21H,3-5H2,1-2H3,(H,27,28)/t16-,21+/m0/s1. The zero-order chi connectivity index (χ0) is 19.5. The number of hydrogen-bond acceptors (Lipinski definition) is 4. The van der Waals surface area contributed by atoms with Gasteiger partial charge in [-0.05, 0) is 50.8 Å². The molecule has 0 bridgehead atoms. The molecule has 2 atom stereocenters. The van der Waals surface area contributed by atoms with Crippen LogP contribution in [0.4, 0.5) is 0 Å². The minimum absolute atomic E-state index is 0.0318. The number of hydrogen-bond donors (Lipinski definition) is 1. The van der Waals surface area contributed by atoms with Crippen molar-refractivity contribution in [2.75, 3.05) is 0 Å². The highest BCUT2D eigenvalue weighted by Gasteiger charge is 2.26. The maximum Gasteiger partial charge on any atom is 0.227 e. The van der Waals surface area contributed by atoms with E-state index in [2.05, 4.69) is 15.3 Å². The first-order chi connectivity index (χ1) is 13.6. The summed E-state index contributed by atoms with van der Waals surface area (Å²) in [5.74, 6) is 0.559. The van der Waals surface area contributed by atoms with Gasteiger partial charge < -0.3 is 5.32 Å². The molecule has 2 heterocycles. The Labute approximate surface area is 165 Å². The molecule has 0 fully saturated rings. The second-order valence-electron chi connectivity index (χ2n) is 7.42. The lowest BCUT2D eigenvalue weighted by molar-refractivity contribution is -0.123. The van der Waals surface area contributed by atoms with Crippen molar-refractivity contribution in [3.63, 3.8) is 0 Å². The number of benzene rings is 1. The van der Waals surface area contributed by atoms with Crippen molar-refractivity contribution >= 4 is 5.91 Å². The van der Waals surface area contributed by atoms with E-state index in [1.54, 1.807) is 12.4 Å². The number of carbonyl (C=O) groups excluding carboxylic acids is 1. The maximum absolute atomic E-state index is 12.8. The second kappa shape index (κ2) is 7.89. The first-order valence-electron chi connectivity index (χ1n) is 9.75. The van der Waals surface area contributed by atoms with Gasteiger partial charge in [0.05, 0.1) is 12.0 Å². The lowest BCUT2D eigenvalue weighted by atomic mass is 9.91. The van der Waals surface area contributed by atoms with Crippen LogP contribution in [-0.2, 0) is 11.2 Å². The van der Waals surface area contributed by atoms with Crippen molar-refractivity contribution in [3.8, 4) is 11.4 Å². The number of carbonyl (C=O) groups is 1. The lowest BCUT2D eigenvalue weighted by Crippen LogP contribution is -2.34. The first-order valence-corrected chi connectivity index (χ1v) is 9.75. The van der Waals surface area contributed by atoms with Gasteiger partial charge in [-0.15, -0.1) is 0 Å². The molecule has 142 valence electrons. The van der Waals surface area contributed by atoms with Gasteiger partial charge in [0.2, 0.25) is 5.91 Å². The smallest absolute Gasteiger partial charge is 0.227 e. The van der Waals surface area contributed by atoms with Crippen LogP contribution in [0.25, 0.3) is 11.4 Å². The zero-order valence-corrected chi connectivity index (χ0v) is 16.2. The Kier molecular flexibility index (Phi) is 5.15. The van der Waals surface area contributed by atoms with Crippen LogP contribution in [-0.4, -0.2) is 20.9 Å². The van der Waals surface area contributed by atoms with Crippen molar-refractivity contribution in [1.82, 2.24) is 20.3 Å². The Bertz CT molecular complexity index is 970. The first kappa shape index (κ1) is 18.3. The van der Waals surface area contributed by atoms with Gasteiger partial charge in [-0.3, -0.25) is 9.78 Å². The van der Waals surface area contributed by atoms with Crippen LogP contribution in [0.5, 0.6) is 0 Å². The molecular weight excluding hydrogens is 348 g/mol.